The molecule has 6 heteroatoms. The molecule has 1 aromatic rings. The lowest BCUT2D eigenvalue weighted by Crippen LogP contribution is -2.62. The maximum Gasteiger partial charge on any atom is 0.282 e. The number of nitrogens with one attached hydrogen (secondary N) is 1. The fourth-order valence-electron chi connectivity index (χ4n) is 2.48. The second-order valence-electron chi connectivity index (χ2n) is 5.81. The van der Waals surface area contributed by atoms with Gasteiger partial charge < -0.3 is 5.32 Å². The molecule has 0 amide bonds. The number of hydrogen-bond acceptors (Lipinski definition) is 3. The van der Waals surface area contributed by atoms with Crippen LogP contribution >= 0.6 is 0 Å². The molecular weight excluding hydrogens is 274 g/mol. The molecule has 0 bridgehead atoms. The van der Waals surface area contributed by atoms with Crippen LogP contribution in [0.3, 0.4) is 0 Å². The Morgan fingerprint density at radius 1 is 1.30 bits per heavy atom. The van der Waals surface area contributed by atoms with Gasteiger partial charge in [-0.3, -0.25) is 0 Å². The minimum atomic E-state index is -3.44. The van der Waals surface area contributed by atoms with Crippen LogP contribution in [0.5, 0.6) is 0 Å². The second kappa shape index (κ2) is 5.81. The zero-order chi connectivity index (χ0) is 14.8. The zero-order valence-electron chi connectivity index (χ0n) is 12.3. The summed E-state index contributed by atoms with van der Waals surface area (Å²) < 4.78 is 28.5. The topological polar surface area (TPSA) is 52.7 Å². The molecule has 1 heterocycles. The van der Waals surface area contributed by atoms with Crippen molar-refractivity contribution >= 4 is 10.2 Å². The van der Waals surface area contributed by atoms with Crippen LogP contribution in [-0.2, 0) is 16.8 Å². The first-order chi connectivity index (χ1) is 9.34. The molecule has 0 aromatic heterocycles. The van der Waals surface area contributed by atoms with Crippen molar-refractivity contribution in [1.29, 1.82) is 0 Å². The Labute approximate surface area is 121 Å². The summed E-state index contributed by atoms with van der Waals surface area (Å²) in [6, 6.07) is 9.65. The van der Waals surface area contributed by atoms with Crippen LogP contribution in [0.25, 0.3) is 0 Å². The van der Waals surface area contributed by atoms with Crippen LogP contribution in [0.1, 0.15) is 19.4 Å². The predicted molar refractivity (Wildman–Crippen MR) is 80.5 cm³/mol. The van der Waals surface area contributed by atoms with E-state index >= 15 is 0 Å². The van der Waals surface area contributed by atoms with E-state index in [0.717, 1.165) is 5.56 Å². The van der Waals surface area contributed by atoms with Crippen molar-refractivity contribution in [2.24, 2.45) is 0 Å². The summed E-state index contributed by atoms with van der Waals surface area (Å²) >= 11 is 0. The Morgan fingerprint density at radius 3 is 2.55 bits per heavy atom. The van der Waals surface area contributed by atoms with Crippen LogP contribution in [0.15, 0.2) is 30.3 Å². The van der Waals surface area contributed by atoms with E-state index in [-0.39, 0.29) is 0 Å². The zero-order valence-corrected chi connectivity index (χ0v) is 13.2. The molecule has 1 aliphatic heterocycles. The molecule has 20 heavy (non-hydrogen) atoms. The van der Waals surface area contributed by atoms with E-state index in [2.05, 4.69) is 5.32 Å². The van der Waals surface area contributed by atoms with Crippen LogP contribution < -0.4 is 5.32 Å². The van der Waals surface area contributed by atoms with Gasteiger partial charge in [0.1, 0.15) is 0 Å². The van der Waals surface area contributed by atoms with E-state index in [1.54, 1.807) is 11.4 Å². The van der Waals surface area contributed by atoms with Crippen molar-refractivity contribution in [2.75, 3.05) is 26.7 Å². The highest BCUT2D eigenvalue weighted by Crippen LogP contribution is 2.23. The van der Waals surface area contributed by atoms with Gasteiger partial charge in [-0.15, -0.1) is 0 Å². The lowest BCUT2D eigenvalue weighted by molar-refractivity contribution is 0.174. The van der Waals surface area contributed by atoms with Crippen molar-refractivity contribution in [2.45, 2.75) is 25.9 Å². The van der Waals surface area contributed by atoms with Gasteiger partial charge in [0.05, 0.1) is 0 Å². The Kier molecular flexibility index (Phi) is 4.49. The maximum atomic E-state index is 12.7. The first-order valence-electron chi connectivity index (χ1n) is 6.83. The quantitative estimate of drug-likeness (QED) is 0.904. The molecule has 0 atom stereocenters. The third-order valence-electron chi connectivity index (χ3n) is 3.64. The van der Waals surface area contributed by atoms with Crippen molar-refractivity contribution in [3.05, 3.63) is 35.9 Å². The van der Waals surface area contributed by atoms with Gasteiger partial charge in [0.2, 0.25) is 0 Å². The van der Waals surface area contributed by atoms with Gasteiger partial charge in [-0.25, -0.2) is 0 Å². The fourth-order valence-corrected chi connectivity index (χ4v) is 4.14. The van der Waals surface area contributed by atoms with Gasteiger partial charge in [-0.2, -0.15) is 17.0 Å². The minimum absolute atomic E-state index is 0.392. The summed E-state index contributed by atoms with van der Waals surface area (Å²) in [6.45, 7) is 6.17. The van der Waals surface area contributed by atoms with Crippen molar-refractivity contribution < 1.29 is 8.42 Å². The molecule has 1 saturated heterocycles. The number of piperazine rings is 1. The highest BCUT2D eigenvalue weighted by Gasteiger charge is 2.40. The third-order valence-corrected chi connectivity index (χ3v) is 5.80. The van der Waals surface area contributed by atoms with Gasteiger partial charge in [0, 0.05) is 38.8 Å². The van der Waals surface area contributed by atoms with Gasteiger partial charge >= 0.3 is 0 Å². The summed E-state index contributed by atoms with van der Waals surface area (Å²) in [5.41, 5.74) is 0.591. The number of benzene rings is 1. The SMILES string of the molecule is CN(Cc1ccccc1)S(=O)(=O)N1CCNCC1(C)C. The van der Waals surface area contributed by atoms with Gasteiger partial charge in [-0.1, -0.05) is 30.3 Å². The van der Waals surface area contributed by atoms with Crippen molar-refractivity contribution in [1.82, 2.24) is 13.9 Å². The molecule has 0 unspecified atom stereocenters. The predicted octanol–water partition coefficient (Wildman–Crippen LogP) is 1.05. The molecule has 2 rings (SSSR count). The largest absolute Gasteiger partial charge is 0.314 e. The summed E-state index contributed by atoms with van der Waals surface area (Å²) in [5.74, 6) is 0. The Hall–Kier alpha value is -0.950. The van der Waals surface area contributed by atoms with Gasteiger partial charge in [0.25, 0.3) is 10.2 Å². The molecule has 112 valence electrons. The molecule has 0 radical (unpaired) electrons. The van der Waals surface area contributed by atoms with E-state index in [0.29, 0.717) is 26.2 Å². The van der Waals surface area contributed by atoms with E-state index in [4.69, 9.17) is 0 Å². The van der Waals surface area contributed by atoms with E-state index in [1.807, 2.05) is 44.2 Å². The second-order valence-corrected chi connectivity index (χ2v) is 7.77. The summed E-state index contributed by atoms with van der Waals surface area (Å²) in [7, 11) is -1.80. The van der Waals surface area contributed by atoms with Crippen LogP contribution in [0.2, 0.25) is 0 Å². The summed E-state index contributed by atoms with van der Waals surface area (Å²) in [6.07, 6.45) is 0. The minimum Gasteiger partial charge on any atom is -0.314 e. The average Bonchev–Trinajstić information content (AvgIpc) is 2.39. The summed E-state index contributed by atoms with van der Waals surface area (Å²) in [5, 5.41) is 3.24. The van der Waals surface area contributed by atoms with Crippen LogP contribution in [0, 0.1) is 0 Å². The third kappa shape index (κ3) is 3.20. The highest BCUT2D eigenvalue weighted by atomic mass is 32.2. The Balaban J connectivity index is 2.17. The first-order valence-corrected chi connectivity index (χ1v) is 8.22. The highest BCUT2D eigenvalue weighted by molar-refractivity contribution is 7.86. The van der Waals surface area contributed by atoms with Crippen molar-refractivity contribution in [3.8, 4) is 0 Å². The molecule has 1 N–H and O–H groups in total. The molecular formula is C14H23N3O2S. The lowest BCUT2D eigenvalue weighted by atomic mass is 10.0. The molecule has 0 saturated carbocycles. The molecule has 1 aromatic carbocycles. The van der Waals surface area contributed by atoms with Gasteiger partial charge in [0.15, 0.2) is 0 Å². The molecule has 5 nitrogen and oxygen atoms in total. The van der Waals surface area contributed by atoms with Crippen LogP contribution in [-0.4, -0.2) is 49.2 Å². The number of rotatable bonds is 4. The summed E-state index contributed by atoms with van der Waals surface area (Å²) in [4.78, 5) is 0. The molecule has 1 fully saturated rings. The van der Waals surface area contributed by atoms with Gasteiger partial charge in [-0.05, 0) is 19.4 Å². The first kappa shape index (κ1) is 15.4. The van der Waals surface area contributed by atoms with Crippen LogP contribution in [0.4, 0.5) is 0 Å². The van der Waals surface area contributed by atoms with E-state index in [9.17, 15) is 8.42 Å². The monoisotopic (exact) mass is 297 g/mol. The fraction of sp³-hybridized carbons (Fsp3) is 0.571. The molecule has 0 spiro atoms. The van der Waals surface area contributed by atoms with Crippen molar-refractivity contribution in [3.63, 3.8) is 0 Å². The molecule has 0 aliphatic carbocycles. The molecule has 1 aliphatic rings. The standard InChI is InChI=1S/C14H23N3O2S/c1-14(2)12-15-9-10-17(14)20(18,19)16(3)11-13-7-5-4-6-8-13/h4-8,15H,9-12H2,1-3H3. The lowest BCUT2D eigenvalue weighted by Gasteiger charge is -2.43. The van der Waals surface area contributed by atoms with E-state index in [1.165, 1.54) is 4.31 Å². The number of nitrogens with zero attached hydrogens (tertiary/aromatic N) is 2. The maximum absolute atomic E-state index is 12.7. The number of hydrogen-bond donors (Lipinski definition) is 1. The smallest absolute Gasteiger partial charge is 0.282 e. The Morgan fingerprint density at radius 2 is 1.95 bits per heavy atom. The Bertz CT molecular complexity index is 543. The average molecular weight is 297 g/mol. The normalized spacial score (nSPS) is 20.2. The van der Waals surface area contributed by atoms with E-state index < -0.39 is 15.7 Å².